The van der Waals surface area contributed by atoms with Crippen LogP contribution in [-0.2, 0) is 11.2 Å². The van der Waals surface area contributed by atoms with Gasteiger partial charge in [-0.25, -0.2) is 0 Å². The fourth-order valence-corrected chi connectivity index (χ4v) is 3.00. The molecule has 22 heavy (non-hydrogen) atoms. The zero-order valence-electron chi connectivity index (χ0n) is 14.1. The molecule has 0 aliphatic heterocycles. The molecule has 0 amide bonds. The number of methoxy groups -OCH3 is 4. The van der Waals surface area contributed by atoms with Gasteiger partial charge in [-0.05, 0) is 19.8 Å². The zero-order valence-corrected chi connectivity index (χ0v) is 14.9. The van der Waals surface area contributed by atoms with Crippen molar-refractivity contribution in [2.45, 2.75) is 26.7 Å². The Kier molecular flexibility index (Phi) is 7.38. The van der Waals surface area contributed by atoms with E-state index in [0.717, 1.165) is 29.7 Å². The Hall–Kier alpha value is -1.56. The molecule has 0 saturated carbocycles. The molecule has 0 aromatic heterocycles. The summed E-state index contributed by atoms with van der Waals surface area (Å²) in [4.78, 5) is 11.0. The molecule has 0 heterocycles. The average molecular weight is 328 g/mol. The fraction of sp³-hybridized carbons (Fsp3) is 0.562. The third kappa shape index (κ3) is 4.00. The summed E-state index contributed by atoms with van der Waals surface area (Å²) >= 11 is 1.33. The molecule has 0 N–H and O–H groups in total. The van der Waals surface area contributed by atoms with E-state index in [0.29, 0.717) is 23.0 Å². The summed E-state index contributed by atoms with van der Waals surface area (Å²) in [7, 11) is 6.36. The minimum atomic E-state index is 0.133. The van der Waals surface area contributed by atoms with Gasteiger partial charge in [0, 0.05) is 23.8 Å². The molecule has 0 atom stereocenters. The average Bonchev–Trinajstić information content (AvgIpc) is 2.50. The van der Waals surface area contributed by atoms with E-state index in [9.17, 15) is 4.79 Å². The number of carbonyl (C=O) groups excluding carboxylic acids is 1. The maximum atomic E-state index is 11.0. The third-order valence-corrected chi connectivity index (χ3v) is 4.28. The van der Waals surface area contributed by atoms with Gasteiger partial charge >= 0.3 is 0 Å². The van der Waals surface area contributed by atoms with E-state index >= 15 is 0 Å². The second-order valence-corrected chi connectivity index (χ2v) is 5.95. The quantitative estimate of drug-likeness (QED) is 0.683. The number of rotatable bonds is 8. The first-order valence-corrected chi connectivity index (χ1v) is 7.99. The van der Waals surface area contributed by atoms with Crippen LogP contribution in [-0.4, -0.2) is 39.3 Å². The van der Waals surface area contributed by atoms with Gasteiger partial charge < -0.3 is 18.9 Å². The summed E-state index contributed by atoms with van der Waals surface area (Å²) in [6.07, 6.45) is 1.63. The van der Waals surface area contributed by atoms with Crippen molar-refractivity contribution in [3.8, 4) is 23.0 Å². The molecule has 0 fully saturated rings. The molecular weight excluding hydrogens is 304 g/mol. The largest absolute Gasteiger partial charge is 0.492 e. The van der Waals surface area contributed by atoms with E-state index in [1.165, 1.54) is 11.8 Å². The van der Waals surface area contributed by atoms with Crippen molar-refractivity contribution in [1.29, 1.82) is 0 Å². The maximum Gasteiger partial charge on any atom is 0.207 e. The number of ether oxygens (including phenoxy) is 4. The molecule has 6 heteroatoms. The van der Waals surface area contributed by atoms with Crippen LogP contribution in [0.2, 0.25) is 0 Å². The van der Waals surface area contributed by atoms with Crippen molar-refractivity contribution in [3.63, 3.8) is 0 Å². The topological polar surface area (TPSA) is 54.0 Å². The van der Waals surface area contributed by atoms with Gasteiger partial charge in [-0.3, -0.25) is 4.79 Å². The molecule has 1 aromatic rings. The number of hydrogen-bond donors (Lipinski definition) is 0. The van der Waals surface area contributed by atoms with E-state index in [1.807, 2.05) is 6.92 Å². The number of benzene rings is 1. The second-order valence-electron chi connectivity index (χ2n) is 4.68. The van der Waals surface area contributed by atoms with E-state index in [-0.39, 0.29) is 5.12 Å². The molecule has 0 radical (unpaired) electrons. The molecule has 0 aliphatic rings. The van der Waals surface area contributed by atoms with Gasteiger partial charge in [0.05, 0.1) is 28.4 Å². The monoisotopic (exact) mass is 328 g/mol. The molecule has 0 saturated heterocycles. The second kappa shape index (κ2) is 8.78. The summed E-state index contributed by atoms with van der Waals surface area (Å²) in [5.41, 5.74) is 1.98. The van der Waals surface area contributed by atoms with E-state index < -0.39 is 0 Å². The first-order valence-electron chi connectivity index (χ1n) is 7.00. The number of hydrogen-bond acceptors (Lipinski definition) is 6. The Balaban J connectivity index is 3.21. The fourth-order valence-electron chi connectivity index (χ4n) is 2.42. The first-order chi connectivity index (χ1) is 10.5. The van der Waals surface area contributed by atoms with Crippen molar-refractivity contribution >= 4 is 16.9 Å². The van der Waals surface area contributed by atoms with Crippen molar-refractivity contribution < 1.29 is 23.7 Å². The number of carbonyl (C=O) groups is 1. The lowest BCUT2D eigenvalue weighted by molar-refractivity contribution is -0.109. The molecule has 0 spiro atoms. The molecular formula is C16H24O5S. The van der Waals surface area contributed by atoms with Crippen LogP contribution in [0.25, 0.3) is 0 Å². The van der Waals surface area contributed by atoms with Gasteiger partial charge in [0.25, 0.3) is 0 Å². The van der Waals surface area contributed by atoms with Gasteiger partial charge in [0.2, 0.25) is 11.5 Å². The smallest absolute Gasteiger partial charge is 0.207 e. The number of thioether (sulfide) groups is 1. The Morgan fingerprint density at radius 2 is 1.41 bits per heavy atom. The van der Waals surface area contributed by atoms with Crippen molar-refractivity contribution in [2.24, 2.45) is 0 Å². The van der Waals surface area contributed by atoms with Gasteiger partial charge in [0.15, 0.2) is 16.6 Å². The van der Waals surface area contributed by atoms with Crippen LogP contribution in [0.3, 0.4) is 0 Å². The lowest BCUT2D eigenvalue weighted by Gasteiger charge is -2.21. The first kappa shape index (κ1) is 18.5. The Bertz CT molecular complexity index is 528. The van der Waals surface area contributed by atoms with Crippen LogP contribution in [0.1, 0.15) is 24.5 Å². The molecule has 0 aliphatic carbocycles. The predicted molar refractivity (Wildman–Crippen MR) is 88.8 cm³/mol. The van der Waals surface area contributed by atoms with Crippen LogP contribution in [0.5, 0.6) is 23.0 Å². The van der Waals surface area contributed by atoms with Crippen molar-refractivity contribution in [1.82, 2.24) is 0 Å². The predicted octanol–water partition coefficient (Wildman–Crippen LogP) is 3.24. The van der Waals surface area contributed by atoms with Crippen LogP contribution < -0.4 is 18.9 Å². The van der Waals surface area contributed by atoms with Crippen LogP contribution in [0.4, 0.5) is 0 Å². The van der Waals surface area contributed by atoms with Gasteiger partial charge in [-0.1, -0.05) is 11.8 Å². The van der Waals surface area contributed by atoms with Crippen LogP contribution in [0.15, 0.2) is 0 Å². The zero-order chi connectivity index (χ0) is 16.7. The minimum Gasteiger partial charge on any atom is -0.492 e. The molecule has 1 rings (SSSR count). The Morgan fingerprint density at radius 1 is 0.909 bits per heavy atom. The van der Waals surface area contributed by atoms with Crippen LogP contribution in [0, 0.1) is 6.92 Å². The maximum absolute atomic E-state index is 11.0. The summed E-state index contributed by atoms with van der Waals surface area (Å²) in [6.45, 7) is 3.55. The molecule has 0 unspecified atom stereocenters. The van der Waals surface area contributed by atoms with Gasteiger partial charge in [0.1, 0.15) is 0 Å². The third-order valence-electron chi connectivity index (χ3n) is 3.38. The highest BCUT2D eigenvalue weighted by Gasteiger charge is 2.24. The standard InChI is InChI=1S/C16H24O5S/c1-10-12(8-7-9-22-11(2)17)14(19-4)16(21-6)15(20-5)13(10)18-3/h7-9H2,1-6H3. The molecule has 124 valence electrons. The summed E-state index contributed by atoms with van der Waals surface area (Å²) < 4.78 is 21.9. The lowest BCUT2D eigenvalue weighted by atomic mass is 10.00. The molecule has 0 bridgehead atoms. The van der Waals surface area contributed by atoms with Crippen LogP contribution >= 0.6 is 11.8 Å². The highest BCUT2D eigenvalue weighted by atomic mass is 32.2. The summed E-state index contributed by atoms with van der Waals surface area (Å²) in [6, 6.07) is 0. The highest BCUT2D eigenvalue weighted by Crippen LogP contribution is 2.49. The Labute approximate surface area is 136 Å². The highest BCUT2D eigenvalue weighted by molar-refractivity contribution is 8.13. The van der Waals surface area contributed by atoms with Gasteiger partial charge in [-0.2, -0.15) is 0 Å². The van der Waals surface area contributed by atoms with E-state index in [1.54, 1.807) is 35.4 Å². The van der Waals surface area contributed by atoms with Crippen molar-refractivity contribution in [3.05, 3.63) is 11.1 Å². The van der Waals surface area contributed by atoms with Crippen molar-refractivity contribution in [2.75, 3.05) is 34.2 Å². The van der Waals surface area contributed by atoms with E-state index in [4.69, 9.17) is 18.9 Å². The molecule has 5 nitrogen and oxygen atoms in total. The Morgan fingerprint density at radius 3 is 1.86 bits per heavy atom. The molecule has 1 aromatic carbocycles. The summed E-state index contributed by atoms with van der Waals surface area (Å²) in [5, 5.41) is 0.133. The lowest BCUT2D eigenvalue weighted by Crippen LogP contribution is -2.05. The normalized spacial score (nSPS) is 10.3. The van der Waals surface area contributed by atoms with Gasteiger partial charge in [-0.15, -0.1) is 0 Å². The minimum absolute atomic E-state index is 0.133. The van der Waals surface area contributed by atoms with E-state index in [2.05, 4.69) is 0 Å². The SMILES string of the molecule is COc1c(C)c(CCCSC(C)=O)c(OC)c(OC)c1OC. The summed E-state index contributed by atoms with van der Waals surface area (Å²) in [5.74, 6) is 3.14.